The lowest BCUT2D eigenvalue weighted by Crippen LogP contribution is -2.14. The molecule has 2 N–H and O–H groups in total. The highest BCUT2D eigenvalue weighted by molar-refractivity contribution is 7.12. The van der Waals surface area contributed by atoms with Crippen LogP contribution in [0.3, 0.4) is 0 Å². The summed E-state index contributed by atoms with van der Waals surface area (Å²) in [4.78, 5) is 27.4. The minimum Gasteiger partial charge on any atom is -0.506 e. The number of carbonyl (C=O) groups excluding carboxylic acids is 2. The van der Waals surface area contributed by atoms with Gasteiger partial charge >= 0.3 is 5.97 Å². The van der Waals surface area contributed by atoms with E-state index in [9.17, 15) is 14.7 Å². The predicted molar refractivity (Wildman–Crippen MR) is 69.5 cm³/mol. The summed E-state index contributed by atoms with van der Waals surface area (Å²) in [7, 11) is 1.27. The molecule has 19 heavy (non-hydrogen) atoms. The molecular weight excluding hydrogens is 268 g/mol. The number of anilines is 1. The molecule has 0 bridgehead atoms. The van der Waals surface area contributed by atoms with Gasteiger partial charge in [-0.25, -0.2) is 4.79 Å². The topological polar surface area (TPSA) is 88.5 Å². The third kappa shape index (κ3) is 2.89. The number of hydrogen-bond acceptors (Lipinski definition) is 6. The van der Waals surface area contributed by atoms with Crippen molar-refractivity contribution in [2.45, 2.75) is 0 Å². The number of thiophene rings is 1. The first-order valence-corrected chi connectivity index (χ1v) is 6.11. The molecule has 2 rings (SSSR count). The Bertz CT molecular complexity index is 624. The van der Waals surface area contributed by atoms with E-state index in [1.54, 1.807) is 11.4 Å². The number of hydrogen-bond donors (Lipinski definition) is 2. The Hall–Kier alpha value is -2.41. The van der Waals surface area contributed by atoms with E-state index in [1.807, 2.05) is 0 Å². The Balaban J connectivity index is 2.20. The zero-order valence-electron chi connectivity index (χ0n) is 9.91. The summed E-state index contributed by atoms with van der Waals surface area (Å²) in [5.74, 6) is -1.09. The molecule has 1 amide bonds. The molecule has 98 valence electrons. The van der Waals surface area contributed by atoms with Gasteiger partial charge in [0.25, 0.3) is 5.91 Å². The SMILES string of the molecule is COC(=O)c1sccc1NC(=O)c1cncc(O)c1. The highest BCUT2D eigenvalue weighted by Crippen LogP contribution is 2.23. The smallest absolute Gasteiger partial charge is 0.350 e. The second kappa shape index (κ2) is 5.49. The van der Waals surface area contributed by atoms with Gasteiger partial charge in [-0.1, -0.05) is 0 Å². The van der Waals surface area contributed by atoms with Gasteiger partial charge in [-0.3, -0.25) is 9.78 Å². The van der Waals surface area contributed by atoms with Gasteiger partial charge in [0.15, 0.2) is 0 Å². The summed E-state index contributed by atoms with van der Waals surface area (Å²) in [6.07, 6.45) is 2.54. The Morgan fingerprint density at radius 2 is 2.21 bits per heavy atom. The van der Waals surface area contributed by atoms with E-state index in [1.165, 1.54) is 36.9 Å². The number of carbonyl (C=O) groups is 2. The molecule has 0 radical (unpaired) electrons. The predicted octanol–water partition coefficient (Wildman–Crippen LogP) is 1.89. The number of pyridine rings is 1. The van der Waals surface area contributed by atoms with Crippen LogP contribution in [0.1, 0.15) is 20.0 Å². The molecule has 0 fully saturated rings. The summed E-state index contributed by atoms with van der Waals surface area (Å²) < 4.78 is 4.61. The van der Waals surface area contributed by atoms with Gasteiger partial charge in [0, 0.05) is 6.20 Å². The van der Waals surface area contributed by atoms with E-state index in [0.29, 0.717) is 10.6 Å². The molecule has 0 saturated carbocycles. The van der Waals surface area contributed by atoms with E-state index in [4.69, 9.17) is 0 Å². The number of rotatable bonds is 3. The van der Waals surface area contributed by atoms with Crippen molar-refractivity contribution in [1.82, 2.24) is 4.98 Å². The Morgan fingerprint density at radius 3 is 2.89 bits per heavy atom. The van der Waals surface area contributed by atoms with Crippen LogP contribution in [0, 0.1) is 0 Å². The normalized spacial score (nSPS) is 9.95. The number of esters is 1. The van der Waals surface area contributed by atoms with Crippen molar-refractivity contribution in [3.63, 3.8) is 0 Å². The van der Waals surface area contributed by atoms with Gasteiger partial charge in [-0.2, -0.15) is 0 Å². The number of aromatic hydroxyl groups is 1. The lowest BCUT2D eigenvalue weighted by Gasteiger charge is -2.05. The van der Waals surface area contributed by atoms with Crippen molar-refractivity contribution < 1.29 is 19.4 Å². The minimum atomic E-state index is -0.515. The molecule has 0 aliphatic carbocycles. The number of amides is 1. The van der Waals surface area contributed by atoms with Crippen LogP contribution < -0.4 is 5.32 Å². The second-order valence-electron chi connectivity index (χ2n) is 3.54. The third-order valence-electron chi connectivity index (χ3n) is 2.27. The quantitative estimate of drug-likeness (QED) is 0.837. The number of nitrogens with zero attached hydrogens (tertiary/aromatic N) is 1. The van der Waals surface area contributed by atoms with E-state index in [2.05, 4.69) is 15.0 Å². The lowest BCUT2D eigenvalue weighted by molar-refractivity contribution is 0.0607. The largest absolute Gasteiger partial charge is 0.506 e. The highest BCUT2D eigenvalue weighted by Gasteiger charge is 2.16. The average molecular weight is 278 g/mol. The van der Waals surface area contributed by atoms with Gasteiger partial charge in [0.1, 0.15) is 10.6 Å². The van der Waals surface area contributed by atoms with Gasteiger partial charge in [0.05, 0.1) is 24.6 Å². The molecular formula is C12H10N2O4S. The fourth-order valence-electron chi connectivity index (χ4n) is 1.40. The molecule has 0 unspecified atom stereocenters. The zero-order valence-corrected chi connectivity index (χ0v) is 10.7. The number of aromatic nitrogens is 1. The first-order valence-electron chi connectivity index (χ1n) is 5.23. The first kappa shape index (κ1) is 13.0. The molecule has 2 heterocycles. The van der Waals surface area contributed by atoms with E-state index in [0.717, 1.165) is 0 Å². The van der Waals surface area contributed by atoms with Gasteiger partial charge in [-0.15, -0.1) is 11.3 Å². The molecule has 7 heteroatoms. The van der Waals surface area contributed by atoms with Crippen molar-refractivity contribution in [3.8, 4) is 5.75 Å². The summed E-state index contributed by atoms with van der Waals surface area (Å²) in [6.45, 7) is 0. The standard InChI is InChI=1S/C12H10N2O4S/c1-18-12(17)10-9(2-3-19-10)14-11(16)7-4-8(15)6-13-5-7/h2-6,15H,1H3,(H,14,16). The molecule has 0 aliphatic heterocycles. The van der Waals surface area contributed by atoms with E-state index >= 15 is 0 Å². The van der Waals surface area contributed by atoms with Crippen molar-refractivity contribution in [2.75, 3.05) is 12.4 Å². The first-order chi connectivity index (χ1) is 9.11. The maximum absolute atomic E-state index is 11.9. The fourth-order valence-corrected chi connectivity index (χ4v) is 2.17. The molecule has 0 aliphatic rings. The molecule has 0 spiro atoms. The molecule has 6 nitrogen and oxygen atoms in total. The van der Waals surface area contributed by atoms with E-state index < -0.39 is 11.9 Å². The highest BCUT2D eigenvalue weighted by atomic mass is 32.1. The Labute approximate surface area is 112 Å². The van der Waals surface area contributed by atoms with Crippen molar-refractivity contribution in [2.24, 2.45) is 0 Å². The maximum atomic E-state index is 11.9. The molecule has 0 aromatic carbocycles. The molecule has 2 aromatic rings. The summed E-state index contributed by atoms with van der Waals surface area (Å²) in [6, 6.07) is 2.89. The van der Waals surface area contributed by atoms with Crippen LogP contribution in [0.2, 0.25) is 0 Å². The average Bonchev–Trinajstić information content (AvgIpc) is 2.86. The molecule has 0 saturated heterocycles. The minimum absolute atomic E-state index is 0.105. The van der Waals surface area contributed by atoms with Crippen molar-refractivity contribution in [3.05, 3.63) is 40.3 Å². The van der Waals surface area contributed by atoms with Crippen LogP contribution in [0.4, 0.5) is 5.69 Å². The maximum Gasteiger partial charge on any atom is 0.350 e. The van der Waals surface area contributed by atoms with Gasteiger partial charge in [0.2, 0.25) is 0 Å². The third-order valence-corrected chi connectivity index (χ3v) is 3.16. The monoisotopic (exact) mass is 278 g/mol. The van der Waals surface area contributed by atoms with Gasteiger partial charge in [-0.05, 0) is 17.5 Å². The van der Waals surface area contributed by atoms with Gasteiger partial charge < -0.3 is 15.2 Å². The van der Waals surface area contributed by atoms with Crippen LogP contribution in [-0.4, -0.2) is 29.1 Å². The van der Waals surface area contributed by atoms with Crippen LogP contribution >= 0.6 is 11.3 Å². The summed E-state index contributed by atoms with van der Waals surface area (Å²) in [5, 5.41) is 13.5. The summed E-state index contributed by atoms with van der Waals surface area (Å²) >= 11 is 1.17. The summed E-state index contributed by atoms with van der Waals surface area (Å²) in [5.41, 5.74) is 0.562. The molecule has 2 aromatic heterocycles. The lowest BCUT2D eigenvalue weighted by atomic mass is 10.2. The number of methoxy groups -OCH3 is 1. The van der Waals surface area contributed by atoms with Crippen LogP contribution in [-0.2, 0) is 4.74 Å². The number of ether oxygens (including phenoxy) is 1. The Morgan fingerprint density at radius 1 is 1.42 bits per heavy atom. The van der Waals surface area contributed by atoms with Crippen LogP contribution in [0.5, 0.6) is 5.75 Å². The van der Waals surface area contributed by atoms with Crippen LogP contribution in [0.15, 0.2) is 29.9 Å². The Kier molecular flexibility index (Phi) is 3.76. The fraction of sp³-hybridized carbons (Fsp3) is 0.0833. The van der Waals surface area contributed by atoms with Crippen molar-refractivity contribution >= 4 is 28.9 Å². The zero-order chi connectivity index (χ0) is 13.8. The molecule has 0 atom stereocenters. The van der Waals surface area contributed by atoms with Crippen LogP contribution in [0.25, 0.3) is 0 Å². The van der Waals surface area contributed by atoms with Crippen molar-refractivity contribution in [1.29, 1.82) is 0 Å². The second-order valence-corrected chi connectivity index (χ2v) is 4.46. The number of nitrogens with one attached hydrogen (secondary N) is 1. The van der Waals surface area contributed by atoms with E-state index in [-0.39, 0.29) is 11.3 Å².